The van der Waals surface area contributed by atoms with Crippen molar-refractivity contribution in [1.29, 1.82) is 0 Å². The molecule has 1 aromatic heterocycles. The first-order valence-electron chi connectivity index (χ1n) is 7.28. The van der Waals surface area contributed by atoms with E-state index in [1.807, 2.05) is 31.4 Å². The average molecular weight is 351 g/mol. The number of nitrogens with zero attached hydrogens (tertiary/aromatic N) is 1. The third kappa shape index (κ3) is 5.95. The Labute approximate surface area is 144 Å². The number of aromatic nitrogens is 1. The van der Waals surface area contributed by atoms with Crippen LogP contribution < -0.4 is 10.6 Å². The summed E-state index contributed by atoms with van der Waals surface area (Å²) in [4.78, 5) is 17.4. The first kappa shape index (κ1) is 17.9. The number of aryl methyl sites for hydroxylation is 2. The van der Waals surface area contributed by atoms with Gasteiger partial charge >= 0.3 is 0 Å². The van der Waals surface area contributed by atoms with E-state index in [-0.39, 0.29) is 12.5 Å². The summed E-state index contributed by atoms with van der Waals surface area (Å²) in [5.74, 6) is -0.0554. The summed E-state index contributed by atoms with van der Waals surface area (Å²) in [6, 6.07) is 6.00. The number of carbonyl (C=O) groups is 1. The van der Waals surface area contributed by atoms with E-state index < -0.39 is 0 Å². The summed E-state index contributed by atoms with van der Waals surface area (Å²) in [6.07, 6.45) is 0. The molecule has 0 aliphatic heterocycles. The maximum Gasteiger partial charge on any atom is 0.238 e. The van der Waals surface area contributed by atoms with E-state index in [1.165, 1.54) is 0 Å². The molecule has 0 fully saturated rings. The first-order chi connectivity index (χ1) is 11.1. The smallest absolute Gasteiger partial charge is 0.238 e. The number of anilines is 1. The highest BCUT2D eigenvalue weighted by atomic mass is 32.2. The highest BCUT2D eigenvalue weighted by Crippen LogP contribution is 2.32. The van der Waals surface area contributed by atoms with Crippen molar-refractivity contribution in [2.75, 3.05) is 32.1 Å². The van der Waals surface area contributed by atoms with Crippen molar-refractivity contribution in [2.45, 2.75) is 23.1 Å². The molecule has 0 saturated heterocycles. The molecule has 23 heavy (non-hydrogen) atoms. The van der Waals surface area contributed by atoms with E-state index in [4.69, 9.17) is 4.74 Å². The van der Waals surface area contributed by atoms with Crippen molar-refractivity contribution in [1.82, 2.24) is 10.3 Å². The lowest BCUT2D eigenvalue weighted by Crippen LogP contribution is -2.30. The Hall–Kier alpha value is -1.41. The van der Waals surface area contributed by atoms with Crippen molar-refractivity contribution in [2.24, 2.45) is 0 Å². The second-order valence-corrected chi connectivity index (χ2v) is 7.23. The Morgan fingerprint density at radius 3 is 2.87 bits per heavy atom. The second-order valence-electron chi connectivity index (χ2n) is 5.05. The maximum absolute atomic E-state index is 11.9. The van der Waals surface area contributed by atoms with E-state index in [2.05, 4.69) is 21.7 Å². The molecule has 0 aliphatic rings. The molecule has 1 amide bonds. The zero-order valence-corrected chi connectivity index (χ0v) is 15.1. The highest BCUT2D eigenvalue weighted by Gasteiger charge is 2.07. The summed E-state index contributed by atoms with van der Waals surface area (Å²) >= 11 is 3.28. The fraction of sp³-hybridized carbons (Fsp3) is 0.375. The van der Waals surface area contributed by atoms with Gasteiger partial charge in [0.25, 0.3) is 0 Å². The summed E-state index contributed by atoms with van der Waals surface area (Å²) in [7, 11) is 1.64. The maximum atomic E-state index is 11.9. The number of benzene rings is 1. The molecule has 5 nitrogen and oxygen atoms in total. The van der Waals surface area contributed by atoms with E-state index in [9.17, 15) is 4.79 Å². The molecule has 0 atom stereocenters. The van der Waals surface area contributed by atoms with Gasteiger partial charge in [0, 0.05) is 35.3 Å². The summed E-state index contributed by atoms with van der Waals surface area (Å²) in [5, 5.41) is 7.98. The number of methoxy groups -OCH3 is 1. The van der Waals surface area contributed by atoms with Crippen LogP contribution in [0.1, 0.15) is 11.3 Å². The van der Waals surface area contributed by atoms with Gasteiger partial charge in [0.2, 0.25) is 5.91 Å². The van der Waals surface area contributed by atoms with Gasteiger partial charge in [-0.3, -0.25) is 4.79 Å². The van der Waals surface area contributed by atoms with Crippen LogP contribution in [0, 0.1) is 13.8 Å². The lowest BCUT2D eigenvalue weighted by Gasteiger charge is -2.10. The van der Waals surface area contributed by atoms with Gasteiger partial charge in [0.1, 0.15) is 0 Å². The van der Waals surface area contributed by atoms with Crippen molar-refractivity contribution in [3.05, 3.63) is 34.8 Å². The van der Waals surface area contributed by atoms with Gasteiger partial charge in [-0.25, -0.2) is 4.98 Å². The second kappa shape index (κ2) is 9.02. The molecular weight excluding hydrogens is 330 g/mol. The van der Waals surface area contributed by atoms with Crippen LogP contribution >= 0.6 is 23.1 Å². The minimum Gasteiger partial charge on any atom is -0.383 e. The predicted octanol–water partition coefficient (Wildman–Crippen LogP) is 3.09. The molecule has 0 bridgehead atoms. The Kier molecular flexibility index (Phi) is 7.04. The normalized spacial score (nSPS) is 10.7. The quantitative estimate of drug-likeness (QED) is 0.716. The van der Waals surface area contributed by atoms with Gasteiger partial charge in [0.05, 0.1) is 13.2 Å². The molecule has 2 rings (SSSR count). The molecule has 2 N–H and O–H groups in total. The Balaban J connectivity index is 1.90. The standard InChI is InChI=1S/C16H21N3O2S2/c1-11-8-13(23-16-18-12(2)10-22-16)4-5-14(11)19-15(20)9-17-6-7-21-3/h4-5,8,10,17H,6-7,9H2,1-3H3,(H,19,20). The Bertz CT molecular complexity index is 659. The van der Waals surface area contributed by atoms with E-state index in [0.29, 0.717) is 13.2 Å². The van der Waals surface area contributed by atoms with Gasteiger partial charge < -0.3 is 15.4 Å². The first-order valence-corrected chi connectivity index (χ1v) is 8.98. The van der Waals surface area contributed by atoms with Crippen molar-refractivity contribution in [3.8, 4) is 0 Å². The largest absolute Gasteiger partial charge is 0.383 e. The number of ether oxygens (including phenoxy) is 1. The number of carbonyl (C=O) groups excluding carboxylic acids is 1. The summed E-state index contributed by atoms with van der Waals surface area (Å²) < 4.78 is 5.95. The van der Waals surface area contributed by atoms with Gasteiger partial charge in [-0.15, -0.1) is 11.3 Å². The minimum atomic E-state index is -0.0554. The van der Waals surface area contributed by atoms with Crippen molar-refractivity contribution >= 4 is 34.7 Å². The van der Waals surface area contributed by atoms with Crippen LogP contribution in [0.15, 0.2) is 32.8 Å². The van der Waals surface area contributed by atoms with Gasteiger partial charge in [0.15, 0.2) is 4.34 Å². The monoisotopic (exact) mass is 351 g/mol. The third-order valence-electron chi connectivity index (χ3n) is 3.04. The molecule has 7 heteroatoms. The van der Waals surface area contributed by atoms with Crippen LogP contribution in [0.4, 0.5) is 5.69 Å². The number of hydrogen-bond donors (Lipinski definition) is 2. The highest BCUT2D eigenvalue weighted by molar-refractivity contribution is 8.01. The number of rotatable bonds is 8. The number of nitrogens with one attached hydrogen (secondary N) is 2. The Morgan fingerprint density at radius 1 is 1.39 bits per heavy atom. The fourth-order valence-corrected chi connectivity index (χ4v) is 3.80. The van der Waals surface area contributed by atoms with Crippen molar-refractivity contribution < 1.29 is 9.53 Å². The van der Waals surface area contributed by atoms with E-state index >= 15 is 0 Å². The summed E-state index contributed by atoms with van der Waals surface area (Å²) in [5.41, 5.74) is 2.91. The lowest BCUT2D eigenvalue weighted by molar-refractivity contribution is -0.115. The molecule has 0 spiro atoms. The minimum absolute atomic E-state index is 0.0554. The third-order valence-corrected chi connectivity index (χ3v) is 5.09. The van der Waals surface area contributed by atoms with Crippen LogP contribution in [0.2, 0.25) is 0 Å². The van der Waals surface area contributed by atoms with Crippen LogP contribution in [0.5, 0.6) is 0 Å². The van der Waals surface area contributed by atoms with Crippen LogP contribution in [-0.2, 0) is 9.53 Å². The molecule has 0 unspecified atom stereocenters. The van der Waals surface area contributed by atoms with Crippen molar-refractivity contribution in [3.63, 3.8) is 0 Å². The molecule has 124 valence electrons. The van der Waals surface area contributed by atoms with Crippen LogP contribution in [0.3, 0.4) is 0 Å². The molecule has 2 aromatic rings. The average Bonchev–Trinajstić information content (AvgIpc) is 2.92. The predicted molar refractivity (Wildman–Crippen MR) is 95.5 cm³/mol. The molecule has 1 aromatic carbocycles. The molecular formula is C16H21N3O2S2. The van der Waals surface area contributed by atoms with Gasteiger partial charge in [-0.2, -0.15) is 0 Å². The topological polar surface area (TPSA) is 63.2 Å². The van der Waals surface area contributed by atoms with Gasteiger partial charge in [-0.05, 0) is 37.6 Å². The number of amides is 1. The molecule has 0 saturated carbocycles. The summed E-state index contributed by atoms with van der Waals surface area (Å²) in [6.45, 7) is 5.51. The molecule has 0 aliphatic carbocycles. The van der Waals surface area contributed by atoms with Crippen LogP contribution in [-0.4, -0.2) is 37.7 Å². The Morgan fingerprint density at radius 2 is 2.22 bits per heavy atom. The number of thiazole rings is 1. The van der Waals surface area contributed by atoms with Gasteiger partial charge in [-0.1, -0.05) is 11.8 Å². The zero-order chi connectivity index (χ0) is 16.7. The SMILES string of the molecule is COCCNCC(=O)Nc1ccc(Sc2nc(C)cs2)cc1C. The number of hydrogen-bond acceptors (Lipinski definition) is 6. The zero-order valence-electron chi connectivity index (χ0n) is 13.5. The fourth-order valence-electron chi connectivity index (χ4n) is 1.89. The van der Waals surface area contributed by atoms with E-state index in [1.54, 1.807) is 30.2 Å². The van der Waals surface area contributed by atoms with E-state index in [0.717, 1.165) is 26.2 Å². The lowest BCUT2D eigenvalue weighted by atomic mass is 10.2. The molecule has 1 heterocycles. The van der Waals surface area contributed by atoms with Crippen LogP contribution in [0.25, 0.3) is 0 Å². The molecule has 0 radical (unpaired) electrons.